The number of pyridine rings is 2. The first kappa shape index (κ1) is 17.2. The Balaban J connectivity index is 1.50. The number of rotatable bonds is 3. The molecule has 4 heterocycles. The van der Waals surface area contributed by atoms with E-state index in [1.807, 2.05) is 36.4 Å². The van der Waals surface area contributed by atoms with Crippen LogP contribution in [0.25, 0.3) is 22.2 Å². The summed E-state index contributed by atoms with van der Waals surface area (Å²) in [7, 11) is 0. The smallest absolute Gasteiger partial charge is 0.252 e. The second kappa shape index (κ2) is 6.94. The molecule has 2 aromatic heterocycles. The van der Waals surface area contributed by atoms with E-state index in [9.17, 15) is 9.90 Å². The molecule has 0 spiro atoms. The Morgan fingerprint density at radius 2 is 1.96 bits per heavy atom. The first-order valence-corrected chi connectivity index (χ1v) is 9.23. The average Bonchev–Trinajstić information content (AvgIpc) is 3.31. The van der Waals surface area contributed by atoms with Gasteiger partial charge in [0.25, 0.3) is 5.91 Å². The van der Waals surface area contributed by atoms with E-state index < -0.39 is 6.10 Å². The van der Waals surface area contributed by atoms with Gasteiger partial charge in [-0.05, 0) is 24.3 Å². The maximum absolute atomic E-state index is 13.1. The summed E-state index contributed by atoms with van der Waals surface area (Å²) in [6.07, 6.45) is 2.06. The number of hydrogen-bond donors (Lipinski definition) is 2. The number of aliphatic hydroxyl groups is 1. The number of para-hydroxylation sites is 1. The van der Waals surface area contributed by atoms with Crippen molar-refractivity contribution < 1.29 is 19.4 Å². The van der Waals surface area contributed by atoms with E-state index in [1.165, 1.54) is 0 Å². The van der Waals surface area contributed by atoms with Gasteiger partial charge in [0.1, 0.15) is 18.3 Å². The summed E-state index contributed by atoms with van der Waals surface area (Å²) in [4.78, 5) is 22.0. The van der Waals surface area contributed by atoms with Gasteiger partial charge in [-0.15, -0.1) is 0 Å². The van der Waals surface area contributed by atoms with E-state index in [0.717, 1.165) is 16.5 Å². The van der Waals surface area contributed by atoms with E-state index >= 15 is 0 Å². The number of aromatic nitrogens is 2. The van der Waals surface area contributed by atoms with Crippen molar-refractivity contribution in [3.8, 4) is 11.3 Å². The SMILES string of the molecule is O=C(N[C@@H]1CO[C@H]2[C@@H]1OC[C@H]2O)c1cc(-c2cccnc2)nc2ccccc12. The highest BCUT2D eigenvalue weighted by atomic mass is 16.6. The Bertz CT molecular complexity index is 1030. The van der Waals surface area contributed by atoms with Crippen LogP contribution < -0.4 is 5.32 Å². The minimum atomic E-state index is -0.647. The number of nitrogens with zero attached hydrogens (tertiary/aromatic N) is 2. The first-order valence-electron chi connectivity index (χ1n) is 9.23. The van der Waals surface area contributed by atoms with Crippen molar-refractivity contribution in [3.63, 3.8) is 0 Å². The Kier molecular flexibility index (Phi) is 4.27. The van der Waals surface area contributed by atoms with Crippen LogP contribution in [0.15, 0.2) is 54.9 Å². The highest BCUT2D eigenvalue weighted by Crippen LogP contribution is 2.28. The number of aliphatic hydroxyl groups excluding tert-OH is 1. The van der Waals surface area contributed by atoms with Crippen LogP contribution in [-0.4, -0.2) is 58.5 Å². The molecule has 7 nitrogen and oxygen atoms in total. The molecule has 0 unspecified atom stereocenters. The normalized spacial score (nSPS) is 26.3. The molecule has 1 aromatic carbocycles. The molecule has 7 heteroatoms. The van der Waals surface area contributed by atoms with Gasteiger partial charge in [-0.1, -0.05) is 18.2 Å². The van der Waals surface area contributed by atoms with Crippen LogP contribution in [0.1, 0.15) is 10.4 Å². The van der Waals surface area contributed by atoms with Crippen LogP contribution >= 0.6 is 0 Å². The van der Waals surface area contributed by atoms with Gasteiger partial charge < -0.3 is 19.9 Å². The molecular formula is C21H19N3O4. The summed E-state index contributed by atoms with van der Waals surface area (Å²) in [6, 6.07) is 12.8. The lowest BCUT2D eigenvalue weighted by Gasteiger charge is -2.18. The average molecular weight is 377 g/mol. The minimum absolute atomic E-state index is 0.219. The summed E-state index contributed by atoms with van der Waals surface area (Å²) < 4.78 is 11.2. The van der Waals surface area contributed by atoms with Crippen LogP contribution in [-0.2, 0) is 9.47 Å². The largest absolute Gasteiger partial charge is 0.388 e. The molecule has 3 aromatic rings. The van der Waals surface area contributed by atoms with Crippen molar-refractivity contribution >= 4 is 16.8 Å². The topological polar surface area (TPSA) is 93.6 Å². The van der Waals surface area contributed by atoms with E-state index in [2.05, 4.69) is 15.3 Å². The van der Waals surface area contributed by atoms with Gasteiger partial charge in [-0.3, -0.25) is 9.78 Å². The van der Waals surface area contributed by atoms with Crippen molar-refractivity contribution in [2.75, 3.05) is 13.2 Å². The van der Waals surface area contributed by atoms with Gasteiger partial charge >= 0.3 is 0 Å². The Morgan fingerprint density at radius 3 is 2.82 bits per heavy atom. The molecule has 0 saturated carbocycles. The van der Waals surface area contributed by atoms with Crippen LogP contribution in [0.4, 0.5) is 0 Å². The molecule has 142 valence electrons. The molecule has 0 aliphatic carbocycles. The monoisotopic (exact) mass is 377 g/mol. The molecule has 4 atom stereocenters. The fourth-order valence-corrected chi connectivity index (χ4v) is 3.87. The number of carbonyl (C=O) groups is 1. The number of hydrogen-bond acceptors (Lipinski definition) is 6. The summed E-state index contributed by atoms with van der Waals surface area (Å²) in [5.41, 5.74) is 2.80. The lowest BCUT2D eigenvalue weighted by molar-refractivity contribution is 0.0178. The maximum Gasteiger partial charge on any atom is 0.252 e. The van der Waals surface area contributed by atoms with E-state index in [1.54, 1.807) is 18.5 Å². The van der Waals surface area contributed by atoms with E-state index in [4.69, 9.17) is 9.47 Å². The Hall–Kier alpha value is -2.87. The summed E-state index contributed by atoms with van der Waals surface area (Å²) in [6.45, 7) is 0.543. The van der Waals surface area contributed by atoms with E-state index in [0.29, 0.717) is 17.9 Å². The number of carbonyl (C=O) groups excluding carboxylic acids is 1. The molecule has 2 aliphatic rings. The molecule has 1 amide bonds. The molecule has 5 rings (SSSR count). The Morgan fingerprint density at radius 1 is 1.11 bits per heavy atom. The lowest BCUT2D eigenvalue weighted by atomic mass is 10.0. The predicted octanol–water partition coefficient (Wildman–Crippen LogP) is 1.55. The highest BCUT2D eigenvalue weighted by Gasteiger charge is 2.47. The van der Waals surface area contributed by atoms with Crippen LogP contribution in [0.2, 0.25) is 0 Å². The van der Waals surface area contributed by atoms with Crippen molar-refractivity contribution in [2.45, 2.75) is 24.4 Å². The van der Waals surface area contributed by atoms with Crippen LogP contribution in [0.5, 0.6) is 0 Å². The van der Waals surface area contributed by atoms with Crippen molar-refractivity contribution in [3.05, 3.63) is 60.4 Å². The summed E-state index contributed by atoms with van der Waals surface area (Å²) in [5.74, 6) is -0.219. The lowest BCUT2D eigenvalue weighted by Crippen LogP contribution is -2.44. The van der Waals surface area contributed by atoms with Crippen molar-refractivity contribution in [2.24, 2.45) is 0 Å². The third-order valence-corrected chi connectivity index (χ3v) is 5.26. The Labute approximate surface area is 161 Å². The number of ether oxygens (including phenoxy) is 2. The van der Waals surface area contributed by atoms with Crippen molar-refractivity contribution in [1.82, 2.24) is 15.3 Å². The fourth-order valence-electron chi connectivity index (χ4n) is 3.87. The third kappa shape index (κ3) is 2.93. The number of nitrogens with one attached hydrogen (secondary N) is 1. The fraction of sp³-hybridized carbons (Fsp3) is 0.286. The van der Waals surface area contributed by atoms with Gasteiger partial charge in [-0.25, -0.2) is 4.98 Å². The molecule has 28 heavy (non-hydrogen) atoms. The van der Waals surface area contributed by atoms with E-state index in [-0.39, 0.29) is 30.8 Å². The summed E-state index contributed by atoms with van der Waals surface area (Å²) >= 11 is 0. The van der Waals surface area contributed by atoms with Gasteiger partial charge in [0.15, 0.2) is 0 Å². The maximum atomic E-state index is 13.1. The minimum Gasteiger partial charge on any atom is -0.388 e. The molecule has 2 aliphatic heterocycles. The zero-order valence-corrected chi connectivity index (χ0v) is 15.0. The van der Waals surface area contributed by atoms with Crippen LogP contribution in [0.3, 0.4) is 0 Å². The highest BCUT2D eigenvalue weighted by molar-refractivity contribution is 6.07. The zero-order chi connectivity index (χ0) is 19.1. The number of amides is 1. The molecule has 2 saturated heterocycles. The second-order valence-corrected chi connectivity index (χ2v) is 7.06. The number of fused-ring (bicyclic) bond motifs is 2. The molecular weight excluding hydrogens is 358 g/mol. The second-order valence-electron chi connectivity index (χ2n) is 7.06. The zero-order valence-electron chi connectivity index (χ0n) is 15.0. The molecule has 0 radical (unpaired) electrons. The first-order chi connectivity index (χ1) is 13.7. The van der Waals surface area contributed by atoms with Crippen molar-refractivity contribution in [1.29, 1.82) is 0 Å². The van der Waals surface area contributed by atoms with Gasteiger partial charge in [0, 0.05) is 23.3 Å². The van der Waals surface area contributed by atoms with Gasteiger partial charge in [-0.2, -0.15) is 0 Å². The van der Waals surface area contributed by atoms with Gasteiger partial charge in [0.2, 0.25) is 0 Å². The predicted molar refractivity (Wildman–Crippen MR) is 102 cm³/mol. The molecule has 0 bridgehead atoms. The molecule has 2 N–H and O–H groups in total. The standard InChI is InChI=1S/C21H19N3O4/c25-18-11-28-19-17(10-27-20(18)19)24-21(26)14-8-16(12-4-3-7-22-9-12)23-15-6-2-1-5-13(14)15/h1-9,17-20,25H,10-11H2,(H,24,26)/t17-,18-,19-,20-/m1/s1. The van der Waals surface area contributed by atoms with Gasteiger partial charge in [0.05, 0.1) is 36.0 Å². The summed E-state index contributed by atoms with van der Waals surface area (Å²) in [5, 5.41) is 13.7. The number of benzene rings is 1. The van der Waals surface area contributed by atoms with Crippen LogP contribution in [0, 0.1) is 0 Å². The third-order valence-electron chi connectivity index (χ3n) is 5.26. The quantitative estimate of drug-likeness (QED) is 0.719. The molecule has 2 fully saturated rings.